The molecule has 1 atom stereocenters. The highest BCUT2D eigenvalue weighted by atomic mass is 35.5. The molecule has 0 radical (unpaired) electrons. The van der Waals surface area contributed by atoms with Gasteiger partial charge in [-0.15, -0.1) is 0 Å². The molecule has 1 aromatic rings. The van der Waals surface area contributed by atoms with Crippen molar-refractivity contribution in [2.45, 2.75) is 46.5 Å². The molecule has 1 unspecified atom stereocenters. The van der Waals surface area contributed by atoms with Crippen molar-refractivity contribution in [2.75, 3.05) is 6.61 Å². The van der Waals surface area contributed by atoms with E-state index in [0.717, 1.165) is 18.5 Å². The summed E-state index contributed by atoms with van der Waals surface area (Å²) < 4.78 is 5.36. The summed E-state index contributed by atoms with van der Waals surface area (Å²) in [5.74, 6) is 0.129. The quantitative estimate of drug-likeness (QED) is 0.549. The molecule has 4 heteroatoms. The smallest absolute Gasteiger partial charge is 0.338 e. The molecule has 0 aliphatic rings. The van der Waals surface area contributed by atoms with Crippen molar-refractivity contribution in [3.05, 3.63) is 28.5 Å². The van der Waals surface area contributed by atoms with E-state index in [0.29, 0.717) is 23.2 Å². The molecule has 1 rings (SSSR count). The molecule has 0 fully saturated rings. The first kappa shape index (κ1) is 16.0. The van der Waals surface area contributed by atoms with Gasteiger partial charge in [0.05, 0.1) is 12.2 Å². The Kier molecular flexibility index (Phi) is 6.85. The third-order valence-electron chi connectivity index (χ3n) is 3.15. The molecule has 0 aromatic carbocycles. The van der Waals surface area contributed by atoms with Gasteiger partial charge < -0.3 is 4.74 Å². The number of halogens is 1. The molecular weight excluding hydrogens is 262 g/mol. The predicted molar refractivity (Wildman–Crippen MR) is 77.6 cm³/mol. The Bertz CT molecular complexity index is 400. The Morgan fingerprint density at radius 3 is 2.74 bits per heavy atom. The SMILES string of the molecule is CCCCC(CC)COC(=O)c1cc(C)nc(Cl)c1. The normalized spacial score (nSPS) is 12.2. The van der Waals surface area contributed by atoms with Gasteiger partial charge in [0.25, 0.3) is 0 Å². The van der Waals surface area contributed by atoms with Crippen molar-refractivity contribution < 1.29 is 9.53 Å². The highest BCUT2D eigenvalue weighted by molar-refractivity contribution is 6.29. The minimum absolute atomic E-state index is 0.317. The number of carbonyl (C=O) groups excluding carboxylic acids is 1. The van der Waals surface area contributed by atoms with Crippen molar-refractivity contribution in [3.63, 3.8) is 0 Å². The van der Waals surface area contributed by atoms with E-state index < -0.39 is 0 Å². The Morgan fingerprint density at radius 2 is 2.16 bits per heavy atom. The number of rotatable bonds is 7. The fourth-order valence-electron chi connectivity index (χ4n) is 1.92. The lowest BCUT2D eigenvalue weighted by atomic mass is 10.0. The van der Waals surface area contributed by atoms with E-state index in [1.165, 1.54) is 12.8 Å². The van der Waals surface area contributed by atoms with Gasteiger partial charge in [0, 0.05) is 5.69 Å². The Hall–Kier alpha value is -1.09. The zero-order chi connectivity index (χ0) is 14.3. The van der Waals surface area contributed by atoms with Crippen LogP contribution in [0.25, 0.3) is 0 Å². The van der Waals surface area contributed by atoms with Crippen molar-refractivity contribution in [1.82, 2.24) is 4.98 Å². The fourth-order valence-corrected chi connectivity index (χ4v) is 2.17. The molecule has 1 heterocycles. The van der Waals surface area contributed by atoms with Crippen LogP contribution in [0.4, 0.5) is 0 Å². The third-order valence-corrected chi connectivity index (χ3v) is 3.34. The summed E-state index contributed by atoms with van der Waals surface area (Å²) in [5, 5.41) is 0.324. The van der Waals surface area contributed by atoms with Gasteiger partial charge in [0.15, 0.2) is 0 Å². The maximum absolute atomic E-state index is 11.9. The van der Waals surface area contributed by atoms with Crippen LogP contribution in [0.1, 0.15) is 55.6 Å². The zero-order valence-electron chi connectivity index (χ0n) is 11.9. The van der Waals surface area contributed by atoms with Crippen LogP contribution in [0.5, 0.6) is 0 Å². The fraction of sp³-hybridized carbons (Fsp3) is 0.600. The van der Waals surface area contributed by atoms with Crippen LogP contribution in [0, 0.1) is 12.8 Å². The molecule has 0 saturated carbocycles. The number of unbranched alkanes of at least 4 members (excludes halogenated alkanes) is 1. The zero-order valence-corrected chi connectivity index (χ0v) is 12.7. The Morgan fingerprint density at radius 1 is 1.42 bits per heavy atom. The highest BCUT2D eigenvalue weighted by Gasteiger charge is 2.13. The van der Waals surface area contributed by atoms with E-state index in [1.54, 1.807) is 19.1 Å². The molecule has 0 spiro atoms. The van der Waals surface area contributed by atoms with Gasteiger partial charge >= 0.3 is 5.97 Å². The summed E-state index contributed by atoms with van der Waals surface area (Å²) >= 11 is 5.83. The largest absolute Gasteiger partial charge is 0.462 e. The minimum atomic E-state index is -0.317. The molecule has 19 heavy (non-hydrogen) atoms. The first-order chi connectivity index (χ1) is 9.06. The van der Waals surface area contributed by atoms with E-state index in [-0.39, 0.29) is 5.97 Å². The van der Waals surface area contributed by atoms with Gasteiger partial charge in [-0.05, 0) is 31.4 Å². The number of hydrogen-bond donors (Lipinski definition) is 0. The summed E-state index contributed by atoms with van der Waals surface area (Å²) in [5.41, 5.74) is 1.19. The second kappa shape index (κ2) is 8.16. The number of aryl methyl sites for hydroxylation is 1. The van der Waals surface area contributed by atoms with Gasteiger partial charge in [-0.25, -0.2) is 9.78 Å². The average Bonchev–Trinajstić information content (AvgIpc) is 2.37. The lowest BCUT2D eigenvalue weighted by molar-refractivity contribution is 0.0428. The predicted octanol–water partition coefficient (Wildman–Crippen LogP) is 4.42. The summed E-state index contributed by atoms with van der Waals surface area (Å²) in [6.45, 7) is 6.58. The van der Waals surface area contributed by atoms with Gasteiger partial charge in [-0.1, -0.05) is 44.7 Å². The third kappa shape index (κ3) is 5.60. The van der Waals surface area contributed by atoms with Crippen LogP contribution in [-0.4, -0.2) is 17.6 Å². The highest BCUT2D eigenvalue weighted by Crippen LogP contribution is 2.15. The summed E-state index contributed by atoms with van der Waals surface area (Å²) in [6, 6.07) is 3.24. The van der Waals surface area contributed by atoms with Crippen molar-refractivity contribution >= 4 is 17.6 Å². The van der Waals surface area contributed by atoms with Crippen LogP contribution >= 0.6 is 11.6 Å². The molecule has 106 valence electrons. The van der Waals surface area contributed by atoms with Crippen LogP contribution in [-0.2, 0) is 4.74 Å². The lowest BCUT2D eigenvalue weighted by Gasteiger charge is -2.14. The van der Waals surface area contributed by atoms with Crippen LogP contribution < -0.4 is 0 Å². The molecule has 1 aromatic heterocycles. The Labute approximate surface area is 120 Å². The first-order valence-electron chi connectivity index (χ1n) is 6.88. The molecule has 0 bridgehead atoms. The van der Waals surface area contributed by atoms with E-state index in [4.69, 9.17) is 16.3 Å². The van der Waals surface area contributed by atoms with Crippen molar-refractivity contribution in [1.29, 1.82) is 0 Å². The topological polar surface area (TPSA) is 39.2 Å². The maximum atomic E-state index is 11.9. The van der Waals surface area contributed by atoms with E-state index in [9.17, 15) is 4.79 Å². The monoisotopic (exact) mass is 283 g/mol. The second-order valence-electron chi connectivity index (χ2n) is 4.83. The van der Waals surface area contributed by atoms with Gasteiger partial charge in [-0.2, -0.15) is 0 Å². The number of nitrogens with zero attached hydrogens (tertiary/aromatic N) is 1. The second-order valence-corrected chi connectivity index (χ2v) is 5.22. The van der Waals surface area contributed by atoms with E-state index in [2.05, 4.69) is 18.8 Å². The van der Waals surface area contributed by atoms with Crippen LogP contribution in [0.2, 0.25) is 5.15 Å². The molecule has 0 saturated heterocycles. The summed E-state index contributed by atoms with van der Waals surface area (Å²) in [6.07, 6.45) is 4.49. The summed E-state index contributed by atoms with van der Waals surface area (Å²) in [7, 11) is 0. The molecule has 0 N–H and O–H groups in total. The molecule has 0 aliphatic carbocycles. The molecule has 0 aliphatic heterocycles. The number of ether oxygens (including phenoxy) is 1. The number of aromatic nitrogens is 1. The molecule has 0 amide bonds. The maximum Gasteiger partial charge on any atom is 0.338 e. The molecular formula is C15H22ClNO2. The number of carbonyl (C=O) groups is 1. The number of esters is 1. The average molecular weight is 284 g/mol. The van der Waals surface area contributed by atoms with E-state index >= 15 is 0 Å². The Balaban J connectivity index is 2.54. The van der Waals surface area contributed by atoms with E-state index in [1.807, 2.05) is 0 Å². The van der Waals surface area contributed by atoms with Crippen LogP contribution in [0.15, 0.2) is 12.1 Å². The van der Waals surface area contributed by atoms with Crippen LogP contribution in [0.3, 0.4) is 0 Å². The summed E-state index contributed by atoms with van der Waals surface area (Å²) in [4.78, 5) is 16.0. The number of hydrogen-bond acceptors (Lipinski definition) is 3. The standard InChI is InChI=1S/C15H22ClNO2/c1-4-6-7-12(5-2)10-19-15(18)13-8-11(3)17-14(16)9-13/h8-9,12H,4-7,10H2,1-3H3. The molecule has 3 nitrogen and oxygen atoms in total. The van der Waals surface area contributed by atoms with Crippen molar-refractivity contribution in [2.24, 2.45) is 5.92 Å². The van der Waals surface area contributed by atoms with Gasteiger partial charge in [-0.3, -0.25) is 0 Å². The minimum Gasteiger partial charge on any atom is -0.462 e. The van der Waals surface area contributed by atoms with Gasteiger partial charge in [0.2, 0.25) is 0 Å². The lowest BCUT2D eigenvalue weighted by Crippen LogP contribution is -2.14. The van der Waals surface area contributed by atoms with Gasteiger partial charge in [0.1, 0.15) is 5.15 Å². The van der Waals surface area contributed by atoms with Crippen molar-refractivity contribution in [3.8, 4) is 0 Å². The first-order valence-corrected chi connectivity index (χ1v) is 7.25. The number of pyridine rings is 1.